The molecule has 1 aromatic heterocycles. The van der Waals surface area contributed by atoms with Crippen molar-refractivity contribution in [1.29, 1.82) is 0 Å². The molecule has 11 heteroatoms. The first-order chi connectivity index (χ1) is 20.7. The number of urea groups is 1. The number of aromatic nitrogens is 1. The van der Waals surface area contributed by atoms with Gasteiger partial charge in [-0.2, -0.15) is 13.2 Å². The SMILES string of the molecule is Br.Cc1cc(N2CC=CN(Cc3ccc4c(c3)OCO4)C2=O)ccc1Oc1ccc(CCc2ccc(C(F)(F)F)cc2)cn1. The van der Waals surface area contributed by atoms with Gasteiger partial charge in [-0.15, -0.1) is 17.0 Å². The van der Waals surface area contributed by atoms with Gasteiger partial charge >= 0.3 is 12.2 Å². The molecule has 6 rings (SSSR count). The molecule has 0 saturated heterocycles. The van der Waals surface area contributed by atoms with Crippen molar-refractivity contribution < 1.29 is 32.2 Å². The van der Waals surface area contributed by atoms with Gasteiger partial charge in [0.25, 0.3) is 0 Å². The van der Waals surface area contributed by atoms with Gasteiger partial charge in [0.15, 0.2) is 11.5 Å². The minimum atomic E-state index is -4.34. The lowest BCUT2D eigenvalue weighted by molar-refractivity contribution is -0.137. The fourth-order valence-corrected chi connectivity index (χ4v) is 4.95. The van der Waals surface area contributed by atoms with Gasteiger partial charge in [-0.3, -0.25) is 9.80 Å². The number of rotatable bonds is 8. The standard InChI is InChI=1S/C33H28F3N3O4.BrH/c1-22-17-27(39-16-2-15-38(32(39)40)20-25-7-12-29-30(18-25)42-21-41-29)11-13-28(22)43-31-14-8-24(19-37-31)4-3-23-5-9-26(10-6-23)33(34,35)36;/h2,5-15,17-19H,3-4,16,20-21H2,1H3;1H. The number of amides is 2. The third-order valence-electron chi connectivity index (χ3n) is 7.31. The van der Waals surface area contributed by atoms with Crippen molar-refractivity contribution in [2.75, 3.05) is 18.2 Å². The second-order valence-electron chi connectivity index (χ2n) is 10.3. The molecule has 0 radical (unpaired) electrons. The number of carbonyl (C=O) groups is 1. The summed E-state index contributed by atoms with van der Waals surface area (Å²) in [7, 11) is 0. The second-order valence-corrected chi connectivity index (χ2v) is 10.3. The number of anilines is 1. The Hall–Kier alpha value is -4.51. The molecule has 0 aliphatic carbocycles. The van der Waals surface area contributed by atoms with E-state index in [2.05, 4.69) is 4.98 Å². The molecule has 0 bridgehead atoms. The number of alkyl halides is 3. The van der Waals surface area contributed by atoms with Crippen molar-refractivity contribution in [2.45, 2.75) is 32.5 Å². The van der Waals surface area contributed by atoms with Gasteiger partial charge in [-0.05, 0) is 90.6 Å². The third kappa shape index (κ3) is 6.99. The van der Waals surface area contributed by atoms with E-state index in [1.54, 1.807) is 28.3 Å². The van der Waals surface area contributed by atoms with Crippen LogP contribution < -0.4 is 19.1 Å². The Labute approximate surface area is 263 Å². The van der Waals surface area contributed by atoms with Gasteiger partial charge in [0, 0.05) is 30.7 Å². The number of ether oxygens (including phenoxy) is 3. The molecular formula is C33H29BrF3N3O4. The monoisotopic (exact) mass is 667 g/mol. The van der Waals surface area contributed by atoms with Crippen molar-refractivity contribution in [1.82, 2.24) is 9.88 Å². The highest BCUT2D eigenvalue weighted by Gasteiger charge is 2.30. The van der Waals surface area contributed by atoms with Gasteiger partial charge in [0.2, 0.25) is 12.7 Å². The maximum atomic E-state index is 13.3. The molecule has 44 heavy (non-hydrogen) atoms. The van der Waals surface area contributed by atoms with Crippen molar-refractivity contribution in [3.05, 3.63) is 119 Å². The largest absolute Gasteiger partial charge is 0.454 e. The second kappa shape index (κ2) is 13.0. The molecule has 2 amide bonds. The molecule has 0 unspecified atom stereocenters. The normalized spacial score (nSPS) is 14.0. The average molecular weight is 669 g/mol. The van der Waals surface area contributed by atoms with Crippen LogP contribution in [-0.2, 0) is 25.6 Å². The van der Waals surface area contributed by atoms with Gasteiger partial charge < -0.3 is 14.2 Å². The van der Waals surface area contributed by atoms with Crippen LogP contribution in [0.1, 0.15) is 27.8 Å². The maximum Gasteiger partial charge on any atom is 0.416 e. The number of carbonyl (C=O) groups excluding carboxylic acids is 1. The zero-order valence-corrected chi connectivity index (χ0v) is 25.4. The fourth-order valence-electron chi connectivity index (χ4n) is 4.95. The predicted molar refractivity (Wildman–Crippen MR) is 165 cm³/mol. The summed E-state index contributed by atoms with van der Waals surface area (Å²) in [6, 6.07) is 20.0. The van der Waals surface area contributed by atoms with Gasteiger partial charge in [-0.25, -0.2) is 9.78 Å². The lowest BCUT2D eigenvalue weighted by Crippen LogP contribution is -2.43. The molecule has 4 aromatic rings. The number of hydrogen-bond acceptors (Lipinski definition) is 5. The Morgan fingerprint density at radius 1 is 0.886 bits per heavy atom. The van der Waals surface area contributed by atoms with E-state index in [1.165, 1.54) is 12.1 Å². The Morgan fingerprint density at radius 2 is 1.61 bits per heavy atom. The van der Waals surface area contributed by atoms with Crippen LogP contribution >= 0.6 is 17.0 Å². The topological polar surface area (TPSA) is 64.1 Å². The minimum Gasteiger partial charge on any atom is -0.454 e. The molecule has 0 saturated carbocycles. The zero-order valence-electron chi connectivity index (χ0n) is 23.7. The summed E-state index contributed by atoms with van der Waals surface area (Å²) in [5.41, 5.74) is 3.64. The van der Waals surface area contributed by atoms with Crippen LogP contribution in [0.15, 0.2) is 91.3 Å². The molecule has 0 atom stereocenters. The minimum absolute atomic E-state index is 0. The summed E-state index contributed by atoms with van der Waals surface area (Å²) in [6.07, 6.45) is 2.34. The van der Waals surface area contributed by atoms with E-state index in [1.807, 2.05) is 55.5 Å². The highest BCUT2D eigenvalue weighted by Crippen LogP contribution is 2.34. The number of halogens is 4. The van der Waals surface area contributed by atoms with E-state index in [0.717, 1.165) is 40.1 Å². The number of hydrogen-bond donors (Lipinski definition) is 0. The van der Waals surface area contributed by atoms with E-state index < -0.39 is 11.7 Å². The molecule has 0 fully saturated rings. The van der Waals surface area contributed by atoms with Crippen molar-refractivity contribution in [3.8, 4) is 23.1 Å². The Balaban J connectivity index is 0.00000384. The summed E-state index contributed by atoms with van der Waals surface area (Å²) < 4.78 is 55.2. The number of pyridine rings is 1. The zero-order chi connectivity index (χ0) is 30.0. The predicted octanol–water partition coefficient (Wildman–Crippen LogP) is 8.25. The molecular weight excluding hydrogens is 639 g/mol. The quantitative estimate of drug-likeness (QED) is 0.189. The summed E-state index contributed by atoms with van der Waals surface area (Å²) in [6.45, 7) is 2.95. The van der Waals surface area contributed by atoms with E-state index in [4.69, 9.17) is 14.2 Å². The van der Waals surface area contributed by atoms with E-state index in [9.17, 15) is 18.0 Å². The lowest BCUT2D eigenvalue weighted by atomic mass is 10.0. The Kier molecular flexibility index (Phi) is 9.14. The Bertz CT molecular complexity index is 1660. The van der Waals surface area contributed by atoms with E-state index >= 15 is 0 Å². The highest BCUT2D eigenvalue weighted by atomic mass is 79.9. The molecule has 0 N–H and O–H groups in total. The molecule has 2 aliphatic rings. The van der Waals surface area contributed by atoms with Crippen molar-refractivity contribution in [2.24, 2.45) is 0 Å². The average Bonchev–Trinajstić information content (AvgIpc) is 3.47. The third-order valence-corrected chi connectivity index (χ3v) is 7.31. The molecule has 3 aromatic carbocycles. The van der Waals surface area contributed by atoms with Crippen LogP contribution in [0.5, 0.6) is 23.1 Å². The summed E-state index contributed by atoms with van der Waals surface area (Å²) in [5, 5.41) is 0. The Morgan fingerprint density at radius 3 is 2.34 bits per heavy atom. The molecule has 228 valence electrons. The first kappa shape index (κ1) is 30.9. The number of nitrogens with zero attached hydrogens (tertiary/aromatic N) is 3. The van der Waals surface area contributed by atoms with Gasteiger partial charge in [0.05, 0.1) is 12.1 Å². The van der Waals surface area contributed by atoms with Crippen LogP contribution in [0.2, 0.25) is 0 Å². The number of benzene rings is 3. The lowest BCUT2D eigenvalue weighted by Gasteiger charge is -2.32. The van der Waals surface area contributed by atoms with Crippen LogP contribution in [0.25, 0.3) is 0 Å². The molecule has 0 spiro atoms. The van der Waals surface area contributed by atoms with E-state index in [0.29, 0.717) is 49.1 Å². The van der Waals surface area contributed by atoms with Gasteiger partial charge in [-0.1, -0.05) is 24.3 Å². The number of aryl methyl sites for hydroxylation is 3. The van der Waals surface area contributed by atoms with Gasteiger partial charge in [0.1, 0.15) is 5.75 Å². The smallest absolute Gasteiger partial charge is 0.416 e. The maximum absolute atomic E-state index is 13.3. The molecule has 3 heterocycles. The van der Waals surface area contributed by atoms with Crippen molar-refractivity contribution in [3.63, 3.8) is 0 Å². The van der Waals surface area contributed by atoms with E-state index in [-0.39, 0.29) is 29.8 Å². The summed E-state index contributed by atoms with van der Waals surface area (Å²) in [5.74, 6) is 2.41. The van der Waals surface area contributed by atoms with Crippen LogP contribution in [-0.4, -0.2) is 29.3 Å². The summed E-state index contributed by atoms with van der Waals surface area (Å²) in [4.78, 5) is 21.1. The van der Waals surface area contributed by atoms with Crippen LogP contribution in [0.3, 0.4) is 0 Å². The van der Waals surface area contributed by atoms with Crippen molar-refractivity contribution >= 4 is 28.7 Å². The molecule has 2 aliphatic heterocycles. The van der Waals surface area contributed by atoms with Crippen LogP contribution in [0.4, 0.5) is 23.7 Å². The first-order valence-electron chi connectivity index (χ1n) is 13.8. The fraction of sp³-hybridized carbons (Fsp3) is 0.212. The molecule has 7 nitrogen and oxygen atoms in total. The first-order valence-corrected chi connectivity index (χ1v) is 13.8. The van der Waals surface area contributed by atoms with Crippen LogP contribution in [0, 0.1) is 6.92 Å². The number of fused-ring (bicyclic) bond motifs is 1. The highest BCUT2D eigenvalue weighted by molar-refractivity contribution is 8.93. The summed E-state index contributed by atoms with van der Waals surface area (Å²) >= 11 is 0.